The standard InChI is InChI=1S/C13H20ClNO/c1-3-5-13(10-16-2)15-9-11-6-4-7-12(14)8-11/h4,6-8,13,15H,3,5,9-10H2,1-2H3. The van der Waals surface area contributed by atoms with Crippen LogP contribution in [-0.4, -0.2) is 19.8 Å². The molecule has 0 saturated carbocycles. The Labute approximate surface area is 103 Å². The summed E-state index contributed by atoms with van der Waals surface area (Å²) in [6.07, 6.45) is 2.30. The van der Waals surface area contributed by atoms with Crippen LogP contribution in [0.5, 0.6) is 0 Å². The van der Waals surface area contributed by atoms with E-state index in [1.54, 1.807) is 7.11 Å². The van der Waals surface area contributed by atoms with Crippen LogP contribution in [0.2, 0.25) is 5.02 Å². The molecule has 1 unspecified atom stereocenters. The fraction of sp³-hybridized carbons (Fsp3) is 0.538. The van der Waals surface area contributed by atoms with E-state index in [9.17, 15) is 0 Å². The molecule has 1 aromatic carbocycles. The Morgan fingerprint density at radius 3 is 2.88 bits per heavy atom. The molecule has 0 heterocycles. The zero-order valence-corrected chi connectivity index (χ0v) is 10.8. The third kappa shape index (κ3) is 4.97. The normalized spacial score (nSPS) is 12.7. The Balaban J connectivity index is 2.41. The molecule has 1 aromatic rings. The molecule has 0 fully saturated rings. The van der Waals surface area contributed by atoms with Gasteiger partial charge in [0.15, 0.2) is 0 Å². The van der Waals surface area contributed by atoms with Crippen molar-refractivity contribution < 1.29 is 4.74 Å². The lowest BCUT2D eigenvalue weighted by molar-refractivity contribution is 0.161. The van der Waals surface area contributed by atoms with Gasteiger partial charge in [0.05, 0.1) is 6.61 Å². The molecule has 0 spiro atoms. The van der Waals surface area contributed by atoms with Crippen molar-refractivity contribution in [2.75, 3.05) is 13.7 Å². The summed E-state index contributed by atoms with van der Waals surface area (Å²) in [6, 6.07) is 8.36. The fourth-order valence-corrected chi connectivity index (χ4v) is 1.92. The molecule has 1 N–H and O–H groups in total. The zero-order chi connectivity index (χ0) is 11.8. The van der Waals surface area contributed by atoms with Crippen LogP contribution in [0.15, 0.2) is 24.3 Å². The van der Waals surface area contributed by atoms with Crippen LogP contribution in [0.3, 0.4) is 0 Å². The van der Waals surface area contributed by atoms with Gasteiger partial charge in [-0.3, -0.25) is 0 Å². The lowest BCUT2D eigenvalue weighted by atomic mass is 10.1. The summed E-state index contributed by atoms with van der Waals surface area (Å²) in [6.45, 7) is 3.78. The minimum atomic E-state index is 0.425. The maximum atomic E-state index is 5.93. The highest BCUT2D eigenvalue weighted by Gasteiger charge is 2.06. The number of ether oxygens (including phenoxy) is 1. The van der Waals surface area contributed by atoms with Gasteiger partial charge >= 0.3 is 0 Å². The highest BCUT2D eigenvalue weighted by atomic mass is 35.5. The molecule has 1 atom stereocenters. The molecule has 0 amide bonds. The van der Waals surface area contributed by atoms with Crippen molar-refractivity contribution >= 4 is 11.6 Å². The SMILES string of the molecule is CCCC(COC)NCc1cccc(Cl)c1. The summed E-state index contributed by atoms with van der Waals surface area (Å²) in [4.78, 5) is 0. The summed E-state index contributed by atoms with van der Waals surface area (Å²) in [7, 11) is 1.74. The van der Waals surface area contributed by atoms with Crippen molar-refractivity contribution in [3.63, 3.8) is 0 Å². The van der Waals surface area contributed by atoms with Crippen molar-refractivity contribution in [1.82, 2.24) is 5.32 Å². The van der Waals surface area contributed by atoms with Gasteiger partial charge < -0.3 is 10.1 Å². The molecule has 90 valence electrons. The first-order valence-electron chi connectivity index (χ1n) is 5.73. The first-order chi connectivity index (χ1) is 7.76. The molecule has 0 radical (unpaired) electrons. The minimum Gasteiger partial charge on any atom is -0.383 e. The molecule has 0 bridgehead atoms. The summed E-state index contributed by atoms with van der Waals surface area (Å²) in [5, 5.41) is 4.27. The van der Waals surface area contributed by atoms with Gasteiger partial charge in [-0.1, -0.05) is 37.1 Å². The largest absolute Gasteiger partial charge is 0.383 e. The molecule has 0 aliphatic carbocycles. The maximum absolute atomic E-state index is 5.93. The first kappa shape index (κ1) is 13.5. The van der Waals surface area contributed by atoms with Crippen molar-refractivity contribution in [3.8, 4) is 0 Å². The number of rotatable bonds is 7. The highest BCUT2D eigenvalue weighted by Crippen LogP contribution is 2.10. The Kier molecular flexibility index (Phi) is 6.46. The average molecular weight is 242 g/mol. The van der Waals surface area contributed by atoms with Crippen LogP contribution < -0.4 is 5.32 Å². The van der Waals surface area contributed by atoms with Crippen LogP contribution in [-0.2, 0) is 11.3 Å². The number of hydrogen-bond donors (Lipinski definition) is 1. The number of halogens is 1. The number of nitrogens with one attached hydrogen (secondary N) is 1. The molecular formula is C13H20ClNO. The quantitative estimate of drug-likeness (QED) is 0.791. The van der Waals surface area contributed by atoms with E-state index in [4.69, 9.17) is 16.3 Å². The van der Waals surface area contributed by atoms with Crippen LogP contribution in [0, 0.1) is 0 Å². The summed E-state index contributed by atoms with van der Waals surface area (Å²) < 4.78 is 5.18. The van der Waals surface area contributed by atoms with E-state index in [1.165, 1.54) is 5.56 Å². The third-order valence-electron chi connectivity index (χ3n) is 2.49. The van der Waals surface area contributed by atoms with E-state index in [0.29, 0.717) is 6.04 Å². The Morgan fingerprint density at radius 1 is 1.44 bits per heavy atom. The molecule has 0 aliphatic heterocycles. The Hall–Kier alpha value is -0.570. The topological polar surface area (TPSA) is 21.3 Å². The van der Waals surface area contributed by atoms with E-state index in [2.05, 4.69) is 18.3 Å². The Morgan fingerprint density at radius 2 is 2.25 bits per heavy atom. The van der Waals surface area contributed by atoms with E-state index in [-0.39, 0.29) is 0 Å². The van der Waals surface area contributed by atoms with Crippen LogP contribution >= 0.6 is 11.6 Å². The molecule has 0 saturated heterocycles. The van der Waals surface area contributed by atoms with Crippen molar-refractivity contribution in [3.05, 3.63) is 34.9 Å². The number of methoxy groups -OCH3 is 1. The van der Waals surface area contributed by atoms with Gasteiger partial charge in [0.1, 0.15) is 0 Å². The molecule has 16 heavy (non-hydrogen) atoms. The second-order valence-corrected chi connectivity index (χ2v) is 4.39. The second kappa shape index (κ2) is 7.66. The van der Waals surface area contributed by atoms with E-state index in [0.717, 1.165) is 31.0 Å². The Bertz CT molecular complexity index is 298. The van der Waals surface area contributed by atoms with Crippen LogP contribution in [0.1, 0.15) is 25.3 Å². The second-order valence-electron chi connectivity index (χ2n) is 3.95. The van der Waals surface area contributed by atoms with E-state index in [1.807, 2.05) is 18.2 Å². The van der Waals surface area contributed by atoms with Crippen molar-refractivity contribution in [2.45, 2.75) is 32.4 Å². The highest BCUT2D eigenvalue weighted by molar-refractivity contribution is 6.30. The van der Waals surface area contributed by atoms with Gasteiger partial charge in [0, 0.05) is 24.7 Å². The van der Waals surface area contributed by atoms with Gasteiger partial charge in [-0.05, 0) is 24.1 Å². The third-order valence-corrected chi connectivity index (χ3v) is 2.72. The molecule has 3 heteroatoms. The molecular weight excluding hydrogens is 222 g/mol. The maximum Gasteiger partial charge on any atom is 0.0615 e. The van der Waals surface area contributed by atoms with Crippen LogP contribution in [0.25, 0.3) is 0 Å². The van der Waals surface area contributed by atoms with E-state index >= 15 is 0 Å². The smallest absolute Gasteiger partial charge is 0.0615 e. The van der Waals surface area contributed by atoms with Gasteiger partial charge in [0.2, 0.25) is 0 Å². The van der Waals surface area contributed by atoms with Crippen molar-refractivity contribution in [1.29, 1.82) is 0 Å². The van der Waals surface area contributed by atoms with Crippen LogP contribution in [0.4, 0.5) is 0 Å². The first-order valence-corrected chi connectivity index (χ1v) is 6.10. The summed E-state index contributed by atoms with van der Waals surface area (Å²) >= 11 is 5.93. The summed E-state index contributed by atoms with van der Waals surface area (Å²) in [5.41, 5.74) is 1.21. The fourth-order valence-electron chi connectivity index (χ4n) is 1.70. The van der Waals surface area contributed by atoms with Crippen molar-refractivity contribution in [2.24, 2.45) is 0 Å². The van der Waals surface area contributed by atoms with Gasteiger partial charge in [0.25, 0.3) is 0 Å². The minimum absolute atomic E-state index is 0.425. The summed E-state index contributed by atoms with van der Waals surface area (Å²) in [5.74, 6) is 0. The predicted octanol–water partition coefficient (Wildman–Crippen LogP) is 3.24. The molecule has 1 rings (SSSR count). The predicted molar refractivity (Wildman–Crippen MR) is 68.9 cm³/mol. The average Bonchev–Trinajstić information content (AvgIpc) is 2.27. The van der Waals surface area contributed by atoms with Gasteiger partial charge in [-0.2, -0.15) is 0 Å². The molecule has 0 aliphatic rings. The molecule has 0 aromatic heterocycles. The lowest BCUT2D eigenvalue weighted by Gasteiger charge is -2.17. The lowest BCUT2D eigenvalue weighted by Crippen LogP contribution is -2.32. The zero-order valence-electron chi connectivity index (χ0n) is 10.0. The number of benzene rings is 1. The van der Waals surface area contributed by atoms with Gasteiger partial charge in [-0.15, -0.1) is 0 Å². The monoisotopic (exact) mass is 241 g/mol. The van der Waals surface area contributed by atoms with Gasteiger partial charge in [-0.25, -0.2) is 0 Å². The number of hydrogen-bond acceptors (Lipinski definition) is 2. The van der Waals surface area contributed by atoms with E-state index < -0.39 is 0 Å². The molecule has 2 nitrogen and oxygen atoms in total.